The molecule has 1 fully saturated rings. The monoisotopic (exact) mass is 304 g/mol. The van der Waals surface area contributed by atoms with Crippen molar-refractivity contribution in [2.75, 3.05) is 25.1 Å². The Morgan fingerprint density at radius 1 is 1.58 bits per heavy atom. The van der Waals surface area contributed by atoms with Gasteiger partial charge in [0.05, 0.1) is 13.2 Å². The average molecular weight is 305 g/mol. The van der Waals surface area contributed by atoms with Crippen molar-refractivity contribution in [3.8, 4) is 0 Å². The van der Waals surface area contributed by atoms with Gasteiger partial charge in [-0.3, -0.25) is 4.79 Å². The Balaban J connectivity index is 0.00000180. The summed E-state index contributed by atoms with van der Waals surface area (Å²) >= 11 is 5.87. The number of carbonyl (C=O) groups is 1. The molecule has 1 atom stereocenters. The summed E-state index contributed by atoms with van der Waals surface area (Å²) in [4.78, 5) is 11.9. The maximum atomic E-state index is 11.9. The number of aryl methyl sites for hydroxylation is 1. The van der Waals surface area contributed by atoms with Crippen LogP contribution in [0, 0.1) is 6.92 Å². The molecule has 1 aliphatic rings. The minimum absolute atomic E-state index is 0. The van der Waals surface area contributed by atoms with Gasteiger partial charge in [-0.2, -0.15) is 0 Å². The molecule has 0 aliphatic carbocycles. The van der Waals surface area contributed by atoms with Gasteiger partial charge in [-0.05, 0) is 30.7 Å². The highest BCUT2D eigenvalue weighted by molar-refractivity contribution is 6.30. The van der Waals surface area contributed by atoms with Gasteiger partial charge in [-0.25, -0.2) is 0 Å². The van der Waals surface area contributed by atoms with Gasteiger partial charge in [-0.15, -0.1) is 12.4 Å². The van der Waals surface area contributed by atoms with Crippen molar-refractivity contribution in [2.24, 2.45) is 0 Å². The first-order valence-corrected chi connectivity index (χ1v) is 6.40. The molecule has 4 nitrogen and oxygen atoms in total. The molecule has 1 saturated heterocycles. The number of hydrogen-bond donors (Lipinski definition) is 2. The van der Waals surface area contributed by atoms with Crippen LogP contribution in [0.1, 0.15) is 12.0 Å². The smallest absolute Gasteiger partial charge is 0.226 e. The number of benzene rings is 1. The third kappa shape index (κ3) is 4.99. The number of anilines is 1. The molecule has 2 rings (SSSR count). The standard InChI is InChI=1S/C13H17ClN2O2.ClH/c1-9-6-10(14)2-3-12(9)16-13(17)7-11-8-18-5-4-15-11;/h2-3,6,11,15H,4-5,7-8H2,1H3,(H,16,17);1H. The topological polar surface area (TPSA) is 50.4 Å². The van der Waals surface area contributed by atoms with Crippen LogP contribution in [0.5, 0.6) is 0 Å². The van der Waals surface area contributed by atoms with Gasteiger partial charge in [0.15, 0.2) is 0 Å². The van der Waals surface area contributed by atoms with Gasteiger partial charge in [0.1, 0.15) is 0 Å². The second-order valence-corrected chi connectivity index (χ2v) is 4.87. The summed E-state index contributed by atoms with van der Waals surface area (Å²) in [6.45, 7) is 4.03. The molecule has 1 aromatic carbocycles. The van der Waals surface area contributed by atoms with Gasteiger partial charge in [0, 0.05) is 29.7 Å². The first kappa shape index (κ1) is 16.2. The van der Waals surface area contributed by atoms with Crippen LogP contribution in [0.2, 0.25) is 5.02 Å². The number of ether oxygens (including phenoxy) is 1. The molecule has 1 heterocycles. The fourth-order valence-corrected chi connectivity index (χ4v) is 2.17. The second-order valence-electron chi connectivity index (χ2n) is 4.44. The molecule has 1 amide bonds. The molecule has 6 heteroatoms. The lowest BCUT2D eigenvalue weighted by Crippen LogP contribution is -2.43. The number of morpholine rings is 1. The van der Waals surface area contributed by atoms with E-state index in [1.807, 2.05) is 19.1 Å². The summed E-state index contributed by atoms with van der Waals surface area (Å²) in [6.07, 6.45) is 0.419. The third-order valence-electron chi connectivity index (χ3n) is 2.89. The largest absolute Gasteiger partial charge is 0.378 e. The van der Waals surface area contributed by atoms with Crippen LogP contribution in [-0.4, -0.2) is 31.7 Å². The van der Waals surface area contributed by atoms with E-state index in [2.05, 4.69) is 10.6 Å². The van der Waals surface area contributed by atoms with E-state index in [1.54, 1.807) is 6.07 Å². The van der Waals surface area contributed by atoms with E-state index in [-0.39, 0.29) is 24.4 Å². The summed E-state index contributed by atoms with van der Waals surface area (Å²) in [5.41, 5.74) is 1.77. The Labute approximate surface area is 124 Å². The highest BCUT2D eigenvalue weighted by Gasteiger charge is 2.17. The lowest BCUT2D eigenvalue weighted by atomic mass is 10.1. The minimum atomic E-state index is -0.0107. The molecule has 1 aromatic rings. The quantitative estimate of drug-likeness (QED) is 0.901. The average Bonchev–Trinajstić information content (AvgIpc) is 2.34. The lowest BCUT2D eigenvalue weighted by Gasteiger charge is -2.23. The number of nitrogens with one attached hydrogen (secondary N) is 2. The zero-order valence-electron chi connectivity index (χ0n) is 10.7. The zero-order chi connectivity index (χ0) is 13.0. The van der Waals surface area contributed by atoms with Crippen molar-refractivity contribution < 1.29 is 9.53 Å². The van der Waals surface area contributed by atoms with Crippen molar-refractivity contribution >= 4 is 35.6 Å². The number of rotatable bonds is 3. The molecular formula is C13H18Cl2N2O2. The third-order valence-corrected chi connectivity index (χ3v) is 3.13. The summed E-state index contributed by atoms with van der Waals surface area (Å²) in [5, 5.41) is 6.82. The molecule has 0 saturated carbocycles. The van der Waals surface area contributed by atoms with Gasteiger partial charge >= 0.3 is 0 Å². The van der Waals surface area contributed by atoms with Crippen molar-refractivity contribution in [3.05, 3.63) is 28.8 Å². The van der Waals surface area contributed by atoms with E-state index in [0.29, 0.717) is 24.7 Å². The molecule has 0 bridgehead atoms. The molecule has 0 aromatic heterocycles. The number of hydrogen-bond acceptors (Lipinski definition) is 3. The second kappa shape index (κ2) is 7.70. The number of amides is 1. The fraction of sp³-hybridized carbons (Fsp3) is 0.462. The lowest BCUT2D eigenvalue weighted by molar-refractivity contribution is -0.117. The van der Waals surface area contributed by atoms with E-state index in [1.165, 1.54) is 0 Å². The first-order chi connectivity index (χ1) is 8.65. The van der Waals surface area contributed by atoms with E-state index in [4.69, 9.17) is 16.3 Å². The van der Waals surface area contributed by atoms with Crippen molar-refractivity contribution in [1.29, 1.82) is 0 Å². The summed E-state index contributed by atoms with van der Waals surface area (Å²) in [6, 6.07) is 5.53. The SMILES string of the molecule is Cc1cc(Cl)ccc1NC(=O)CC1COCCN1.Cl. The van der Waals surface area contributed by atoms with Crippen LogP contribution >= 0.6 is 24.0 Å². The molecule has 1 unspecified atom stereocenters. The molecular weight excluding hydrogens is 287 g/mol. The maximum absolute atomic E-state index is 11.9. The fourth-order valence-electron chi connectivity index (χ4n) is 1.94. The Kier molecular flexibility index (Phi) is 6.58. The predicted molar refractivity (Wildman–Crippen MR) is 79.3 cm³/mol. The van der Waals surface area contributed by atoms with Crippen LogP contribution in [0.4, 0.5) is 5.69 Å². The van der Waals surface area contributed by atoms with Crippen molar-refractivity contribution in [3.63, 3.8) is 0 Å². The Morgan fingerprint density at radius 3 is 3.00 bits per heavy atom. The molecule has 0 spiro atoms. The normalized spacial score (nSPS) is 18.5. The minimum Gasteiger partial charge on any atom is -0.378 e. The predicted octanol–water partition coefficient (Wildman–Crippen LogP) is 2.39. The van der Waals surface area contributed by atoms with E-state index in [0.717, 1.165) is 17.8 Å². The number of carbonyl (C=O) groups excluding carboxylic acids is 1. The van der Waals surface area contributed by atoms with E-state index < -0.39 is 0 Å². The summed E-state index contributed by atoms with van der Waals surface area (Å²) in [7, 11) is 0. The molecule has 106 valence electrons. The van der Waals surface area contributed by atoms with Crippen LogP contribution in [0.15, 0.2) is 18.2 Å². The molecule has 19 heavy (non-hydrogen) atoms. The molecule has 2 N–H and O–H groups in total. The Morgan fingerprint density at radius 2 is 2.37 bits per heavy atom. The van der Waals surface area contributed by atoms with Crippen molar-refractivity contribution in [1.82, 2.24) is 5.32 Å². The maximum Gasteiger partial charge on any atom is 0.226 e. The van der Waals surface area contributed by atoms with Crippen LogP contribution < -0.4 is 10.6 Å². The number of halogens is 2. The summed E-state index contributed by atoms with van der Waals surface area (Å²) < 4.78 is 5.31. The van der Waals surface area contributed by atoms with Crippen LogP contribution in [0.3, 0.4) is 0 Å². The van der Waals surface area contributed by atoms with Crippen molar-refractivity contribution in [2.45, 2.75) is 19.4 Å². The van der Waals surface area contributed by atoms with Gasteiger partial charge in [0.2, 0.25) is 5.91 Å². The highest BCUT2D eigenvalue weighted by Crippen LogP contribution is 2.19. The van der Waals surface area contributed by atoms with E-state index >= 15 is 0 Å². The van der Waals surface area contributed by atoms with E-state index in [9.17, 15) is 4.79 Å². The Bertz CT molecular complexity index is 435. The Hall–Kier alpha value is -0.810. The van der Waals surface area contributed by atoms with Gasteiger partial charge in [-0.1, -0.05) is 11.6 Å². The zero-order valence-corrected chi connectivity index (χ0v) is 12.3. The van der Waals surface area contributed by atoms with Gasteiger partial charge < -0.3 is 15.4 Å². The highest BCUT2D eigenvalue weighted by atomic mass is 35.5. The molecule has 1 aliphatic heterocycles. The summed E-state index contributed by atoms with van der Waals surface area (Å²) in [5.74, 6) is -0.0107. The van der Waals surface area contributed by atoms with Crippen LogP contribution in [0.25, 0.3) is 0 Å². The first-order valence-electron chi connectivity index (χ1n) is 6.02. The molecule has 0 radical (unpaired) electrons. The van der Waals surface area contributed by atoms with Gasteiger partial charge in [0.25, 0.3) is 0 Å². The van der Waals surface area contributed by atoms with Crippen LogP contribution in [-0.2, 0) is 9.53 Å².